The molecule has 1 saturated heterocycles. The van der Waals surface area contributed by atoms with Gasteiger partial charge < -0.3 is 14.3 Å². The molecule has 1 aromatic heterocycles. The molecule has 3 aromatic rings. The molecule has 2 aliphatic rings. The fourth-order valence-corrected chi connectivity index (χ4v) is 5.27. The predicted octanol–water partition coefficient (Wildman–Crippen LogP) is 3.06. The van der Waals surface area contributed by atoms with E-state index in [2.05, 4.69) is 18.1 Å². The molecule has 0 amide bonds. The Kier molecular flexibility index (Phi) is 5.31. The van der Waals surface area contributed by atoms with Crippen molar-refractivity contribution in [2.45, 2.75) is 31.0 Å². The fourth-order valence-electron chi connectivity index (χ4n) is 5.27. The Bertz CT molecular complexity index is 1090. The molecule has 2 heterocycles. The number of fused-ring (bicyclic) bond motifs is 3. The first kappa shape index (κ1) is 20.9. The van der Waals surface area contributed by atoms with E-state index < -0.39 is 11.6 Å². The van der Waals surface area contributed by atoms with Crippen LogP contribution in [0.1, 0.15) is 29.5 Å². The largest absolute Gasteiger partial charge is 0.834 e. The molecule has 1 aliphatic carbocycles. The third kappa shape index (κ3) is 3.61. The van der Waals surface area contributed by atoms with Crippen LogP contribution in [-0.4, -0.2) is 48.2 Å². The van der Waals surface area contributed by atoms with E-state index in [0.717, 1.165) is 54.5 Å². The van der Waals surface area contributed by atoms with Crippen LogP contribution >= 0.6 is 0 Å². The molecule has 0 radical (unpaired) electrons. The van der Waals surface area contributed by atoms with E-state index in [1.54, 1.807) is 18.3 Å². The van der Waals surface area contributed by atoms with Gasteiger partial charge in [-0.1, -0.05) is 54.6 Å². The van der Waals surface area contributed by atoms with E-state index in [0.29, 0.717) is 11.1 Å². The van der Waals surface area contributed by atoms with Gasteiger partial charge in [-0.15, -0.1) is 0 Å². The maximum atomic E-state index is 14.1. The number of piperidine rings is 1. The molecule has 2 atom stereocenters. The van der Waals surface area contributed by atoms with Crippen molar-refractivity contribution in [3.8, 4) is 11.1 Å². The summed E-state index contributed by atoms with van der Waals surface area (Å²) < 4.78 is 6.79. The van der Waals surface area contributed by atoms with Gasteiger partial charge in [0, 0.05) is 30.8 Å². The Morgan fingerprint density at radius 3 is 2.44 bits per heavy atom. The second-order valence-electron chi connectivity index (χ2n) is 9.30. The zero-order chi connectivity index (χ0) is 22.2. The van der Waals surface area contributed by atoms with Gasteiger partial charge in [-0.2, -0.15) is 0 Å². The predicted molar refractivity (Wildman–Crippen MR) is 120 cm³/mol. The molecule has 5 heteroatoms. The van der Waals surface area contributed by atoms with Crippen LogP contribution in [0, 0.1) is 0 Å². The number of rotatable bonds is 5. The summed E-state index contributed by atoms with van der Waals surface area (Å²) in [6, 6.07) is 18.8. The molecule has 5 rings (SSSR count). The topological polar surface area (TPSA) is 62.2 Å². The number of aromatic nitrogens is 1. The molecular formula is C27H28N2O3. The normalized spacial score (nSPS) is 23.2. The first-order valence-electron chi connectivity index (χ1n) is 11.3. The summed E-state index contributed by atoms with van der Waals surface area (Å²) in [6.07, 6.45) is 6.14. The number of ether oxygens (including phenoxy) is 1. The highest BCUT2D eigenvalue weighted by molar-refractivity contribution is 5.95. The van der Waals surface area contributed by atoms with E-state index in [9.17, 15) is 9.90 Å². The lowest BCUT2D eigenvalue weighted by atomic mass is 9.91. The number of likely N-dealkylation sites (tertiary alicyclic amines) is 1. The van der Waals surface area contributed by atoms with Crippen molar-refractivity contribution in [2.75, 3.05) is 26.7 Å². The SMILES string of the molecule is C[N@+]1(CCc2cccnc2)CCCC(OC(=O)C2([O-])c3ccccc3-c3ccccc32)C1. The van der Waals surface area contributed by atoms with E-state index >= 15 is 0 Å². The lowest BCUT2D eigenvalue weighted by Crippen LogP contribution is -2.56. The molecule has 5 nitrogen and oxygen atoms in total. The second-order valence-corrected chi connectivity index (χ2v) is 9.30. The minimum Gasteiger partial charge on any atom is -0.834 e. The molecule has 0 N–H and O–H groups in total. The molecule has 1 aliphatic heterocycles. The number of benzene rings is 2. The molecule has 1 fully saturated rings. The van der Waals surface area contributed by atoms with Gasteiger partial charge >= 0.3 is 5.97 Å². The second kappa shape index (κ2) is 8.15. The minimum absolute atomic E-state index is 0.249. The first-order valence-corrected chi connectivity index (χ1v) is 11.3. The van der Waals surface area contributed by atoms with Gasteiger partial charge in [-0.25, -0.2) is 0 Å². The number of hydrogen-bond acceptors (Lipinski definition) is 4. The Labute approximate surface area is 188 Å². The first-order chi connectivity index (χ1) is 15.5. The number of likely N-dealkylation sites (N-methyl/N-ethyl adjacent to an activating group) is 1. The van der Waals surface area contributed by atoms with Crippen LogP contribution < -0.4 is 5.11 Å². The zero-order valence-corrected chi connectivity index (χ0v) is 18.4. The summed E-state index contributed by atoms with van der Waals surface area (Å²) in [5, 5.41) is 14.1. The maximum absolute atomic E-state index is 14.1. The Morgan fingerprint density at radius 1 is 1.09 bits per heavy atom. The molecule has 1 unspecified atom stereocenters. The molecule has 32 heavy (non-hydrogen) atoms. The quantitative estimate of drug-likeness (QED) is 0.463. The number of pyridine rings is 1. The Morgan fingerprint density at radius 2 is 1.78 bits per heavy atom. The fraction of sp³-hybridized carbons (Fsp3) is 0.333. The summed E-state index contributed by atoms with van der Waals surface area (Å²) >= 11 is 0. The highest BCUT2D eigenvalue weighted by atomic mass is 16.6. The number of hydrogen-bond donors (Lipinski definition) is 0. The third-order valence-corrected chi connectivity index (χ3v) is 7.00. The summed E-state index contributed by atoms with van der Waals surface area (Å²) in [5.74, 6) is -0.680. The summed E-state index contributed by atoms with van der Waals surface area (Å²) in [6.45, 7) is 2.72. The molecule has 164 valence electrons. The molecule has 0 saturated carbocycles. The Balaban J connectivity index is 1.34. The zero-order valence-electron chi connectivity index (χ0n) is 18.4. The van der Waals surface area contributed by atoms with Gasteiger partial charge in [0.2, 0.25) is 0 Å². The highest BCUT2D eigenvalue weighted by Gasteiger charge is 2.43. The number of esters is 1. The molecular weight excluding hydrogens is 400 g/mol. The van der Waals surface area contributed by atoms with Crippen LogP contribution in [-0.2, 0) is 21.6 Å². The van der Waals surface area contributed by atoms with Crippen molar-refractivity contribution in [1.29, 1.82) is 0 Å². The summed E-state index contributed by atoms with van der Waals surface area (Å²) in [5.41, 5.74) is 1.85. The number of carbonyl (C=O) groups is 1. The smallest absolute Gasteiger partial charge is 0.304 e. The van der Waals surface area contributed by atoms with E-state index in [1.807, 2.05) is 48.7 Å². The van der Waals surface area contributed by atoms with E-state index in [-0.39, 0.29) is 6.10 Å². The number of nitrogens with zero attached hydrogens (tertiary/aromatic N) is 2. The number of carbonyl (C=O) groups excluding carboxylic acids is 1. The third-order valence-electron chi connectivity index (χ3n) is 7.00. The van der Waals surface area contributed by atoms with Crippen molar-refractivity contribution in [2.24, 2.45) is 0 Å². The molecule has 2 aromatic carbocycles. The molecule has 0 spiro atoms. The maximum Gasteiger partial charge on any atom is 0.304 e. The van der Waals surface area contributed by atoms with Gasteiger partial charge in [0.15, 0.2) is 6.10 Å². The van der Waals surface area contributed by atoms with Crippen LogP contribution in [0.25, 0.3) is 11.1 Å². The summed E-state index contributed by atoms with van der Waals surface area (Å²) in [7, 11) is 2.21. The van der Waals surface area contributed by atoms with E-state index in [4.69, 9.17) is 4.74 Å². The van der Waals surface area contributed by atoms with Crippen molar-refractivity contribution >= 4 is 5.97 Å². The van der Waals surface area contributed by atoms with Crippen molar-refractivity contribution in [3.63, 3.8) is 0 Å². The summed E-state index contributed by atoms with van der Waals surface area (Å²) in [4.78, 5) is 17.6. The minimum atomic E-state index is -2.01. The number of quaternary nitrogens is 1. The van der Waals surface area contributed by atoms with Crippen LogP contribution in [0.5, 0.6) is 0 Å². The van der Waals surface area contributed by atoms with Crippen molar-refractivity contribution in [1.82, 2.24) is 4.98 Å². The average molecular weight is 429 g/mol. The van der Waals surface area contributed by atoms with Crippen molar-refractivity contribution in [3.05, 3.63) is 89.7 Å². The van der Waals surface area contributed by atoms with Crippen LogP contribution in [0.15, 0.2) is 73.1 Å². The average Bonchev–Trinajstić information content (AvgIpc) is 3.09. The van der Waals surface area contributed by atoms with Gasteiger partial charge in [-0.05, 0) is 40.3 Å². The van der Waals surface area contributed by atoms with Crippen molar-refractivity contribution < 1.29 is 19.1 Å². The molecule has 0 bridgehead atoms. The van der Waals surface area contributed by atoms with Gasteiger partial charge in [0.1, 0.15) is 6.54 Å². The lowest BCUT2D eigenvalue weighted by molar-refractivity contribution is -0.916. The van der Waals surface area contributed by atoms with Gasteiger partial charge in [-0.3, -0.25) is 9.78 Å². The monoisotopic (exact) mass is 428 g/mol. The van der Waals surface area contributed by atoms with E-state index in [1.165, 1.54) is 5.56 Å². The highest BCUT2D eigenvalue weighted by Crippen LogP contribution is 2.46. The Hall–Kier alpha value is -3.02. The van der Waals surface area contributed by atoms with Crippen LogP contribution in [0.4, 0.5) is 0 Å². The lowest BCUT2D eigenvalue weighted by Gasteiger charge is -2.43. The van der Waals surface area contributed by atoms with Crippen LogP contribution in [0.2, 0.25) is 0 Å². The van der Waals surface area contributed by atoms with Gasteiger partial charge in [0.05, 0.1) is 20.1 Å². The standard InChI is InChI=1S/C27H28N2O3/c1-29(17-14-20-8-6-15-28-18-20)16-7-9-21(19-29)32-26(30)27(31)24-12-4-2-10-22(24)23-11-3-5-13-25(23)27/h2-6,8,10-13,15,18,21H,7,9,14,16-17,19H2,1H3/t21?,29-/m1/s1. The van der Waals surface area contributed by atoms with Gasteiger partial charge in [0.25, 0.3) is 0 Å². The van der Waals surface area contributed by atoms with Crippen LogP contribution in [0.3, 0.4) is 0 Å².